The van der Waals surface area contributed by atoms with Crippen molar-refractivity contribution in [2.75, 3.05) is 0 Å². The maximum atomic E-state index is 4.69. The van der Waals surface area contributed by atoms with Crippen LogP contribution in [0.15, 0.2) is 152 Å². The molecule has 0 aliphatic heterocycles. The third-order valence-electron chi connectivity index (χ3n) is 9.37. The van der Waals surface area contributed by atoms with Gasteiger partial charge in [0, 0.05) is 32.6 Å². The van der Waals surface area contributed by atoms with Crippen molar-refractivity contribution in [2.24, 2.45) is 5.92 Å². The highest BCUT2D eigenvalue weighted by molar-refractivity contribution is 6.10. The lowest BCUT2D eigenvalue weighted by Gasteiger charge is -2.09. The van der Waals surface area contributed by atoms with Crippen LogP contribution in [0.2, 0.25) is 0 Å². The average Bonchev–Trinajstić information content (AvgIpc) is 3.75. The van der Waals surface area contributed by atoms with E-state index in [0.717, 1.165) is 17.1 Å². The second kappa shape index (κ2) is 12.5. The van der Waals surface area contributed by atoms with Crippen molar-refractivity contribution in [1.82, 2.24) is 14.1 Å². The van der Waals surface area contributed by atoms with E-state index >= 15 is 0 Å². The molecule has 0 unspecified atom stereocenters. The van der Waals surface area contributed by atoms with Gasteiger partial charge >= 0.3 is 0 Å². The molecule has 1 aliphatic carbocycles. The van der Waals surface area contributed by atoms with Gasteiger partial charge in [0.1, 0.15) is 0 Å². The first-order valence-electron chi connectivity index (χ1n) is 17.0. The molecular weight excluding hydrogens is 583 g/mol. The highest BCUT2D eigenvalue weighted by atomic mass is 15.0. The van der Waals surface area contributed by atoms with Gasteiger partial charge in [-0.1, -0.05) is 116 Å². The van der Waals surface area contributed by atoms with Gasteiger partial charge in [-0.3, -0.25) is 4.98 Å². The quantitative estimate of drug-likeness (QED) is 0.188. The maximum absolute atomic E-state index is 4.69. The van der Waals surface area contributed by atoms with Gasteiger partial charge in [-0.15, -0.1) is 0 Å². The van der Waals surface area contributed by atoms with Gasteiger partial charge in [0.25, 0.3) is 0 Å². The number of hydrogen-bond acceptors (Lipinski definition) is 1. The number of aryl methyl sites for hydroxylation is 2. The van der Waals surface area contributed by atoms with Gasteiger partial charge < -0.3 is 9.13 Å². The normalized spacial score (nSPS) is 12.6. The molecule has 0 saturated heterocycles. The lowest BCUT2D eigenvalue weighted by atomic mass is 10.1. The van der Waals surface area contributed by atoms with Crippen LogP contribution in [-0.2, 0) is 0 Å². The Labute approximate surface area is 281 Å². The minimum absolute atomic E-state index is 1.04. The Morgan fingerprint density at radius 1 is 0.479 bits per heavy atom. The van der Waals surface area contributed by atoms with Crippen LogP contribution < -0.4 is 0 Å². The van der Waals surface area contributed by atoms with Crippen LogP contribution in [0.1, 0.15) is 30.9 Å². The lowest BCUT2D eigenvalue weighted by molar-refractivity contribution is 0.983. The van der Waals surface area contributed by atoms with Crippen LogP contribution >= 0.6 is 0 Å². The van der Waals surface area contributed by atoms with Crippen LogP contribution in [0.25, 0.3) is 65.9 Å². The zero-order valence-electron chi connectivity index (χ0n) is 27.8. The minimum atomic E-state index is 1.04. The number of fused-ring (bicyclic) bond motifs is 7. The zero-order valence-corrected chi connectivity index (χ0v) is 27.8. The summed E-state index contributed by atoms with van der Waals surface area (Å²) in [7, 11) is 0. The number of aromatic nitrogens is 3. The molecule has 0 atom stereocenters. The first kappa shape index (κ1) is 29.7. The molecule has 3 aromatic heterocycles. The molecule has 0 bridgehead atoms. The fourth-order valence-electron chi connectivity index (χ4n) is 6.65. The third-order valence-corrected chi connectivity index (χ3v) is 9.37. The number of hydrogen-bond donors (Lipinski definition) is 0. The van der Waals surface area contributed by atoms with Crippen molar-refractivity contribution in [3.63, 3.8) is 0 Å². The molecule has 3 nitrogen and oxygen atoms in total. The molecular formula is C45H39N3. The second-order valence-electron chi connectivity index (χ2n) is 13.2. The average molecular weight is 622 g/mol. The molecule has 0 amide bonds. The second-order valence-corrected chi connectivity index (χ2v) is 13.2. The number of rotatable bonds is 2. The van der Waals surface area contributed by atoms with Gasteiger partial charge in [-0.25, -0.2) is 0 Å². The van der Waals surface area contributed by atoms with Crippen molar-refractivity contribution in [1.29, 1.82) is 0 Å². The molecule has 0 radical (unpaired) electrons. The number of benzene rings is 6. The van der Waals surface area contributed by atoms with Crippen molar-refractivity contribution >= 4 is 54.5 Å². The van der Waals surface area contributed by atoms with Gasteiger partial charge in [0.05, 0.1) is 39.5 Å². The first-order valence-corrected chi connectivity index (χ1v) is 17.0. The van der Waals surface area contributed by atoms with Crippen molar-refractivity contribution in [3.8, 4) is 11.4 Å². The van der Waals surface area contributed by atoms with Crippen LogP contribution in [0.5, 0.6) is 0 Å². The van der Waals surface area contributed by atoms with E-state index < -0.39 is 0 Å². The molecule has 10 rings (SSSR count). The van der Waals surface area contributed by atoms with Crippen LogP contribution in [0.3, 0.4) is 0 Å². The Morgan fingerprint density at radius 3 is 1.56 bits per heavy atom. The summed E-state index contributed by atoms with van der Waals surface area (Å²) in [6.45, 7) is 6.52. The molecule has 6 aromatic carbocycles. The van der Waals surface area contributed by atoms with E-state index in [1.807, 2.05) is 6.20 Å². The van der Waals surface area contributed by atoms with E-state index in [9.17, 15) is 0 Å². The summed E-state index contributed by atoms with van der Waals surface area (Å²) in [5.74, 6) is 1.08. The molecule has 3 heterocycles. The predicted molar refractivity (Wildman–Crippen MR) is 205 cm³/mol. The SMILES string of the molecule is CC1CC1.Cc1ccc2c(c1)c1ccccc1n2-c1ccccc1.Cc1ccc2cc(-n3c4ccccc4c4ccccc43)cnc2c1. The van der Waals surface area contributed by atoms with Crippen LogP contribution in [0, 0.1) is 19.8 Å². The molecule has 48 heavy (non-hydrogen) atoms. The highest BCUT2D eigenvalue weighted by Gasteiger charge is 2.14. The van der Waals surface area contributed by atoms with Crippen LogP contribution in [-0.4, -0.2) is 14.1 Å². The summed E-state index contributed by atoms with van der Waals surface area (Å²) in [6.07, 6.45) is 4.95. The molecule has 0 spiro atoms. The standard InChI is InChI=1S/C22H16N2.C19H15N.C4H8/c1-15-10-11-16-13-17(14-23-20(16)12-15)24-21-8-4-2-6-18(21)19-7-3-5-9-22(19)24;1-14-11-12-19-17(13-14)16-9-5-6-10-18(16)20(19)15-7-3-2-4-8-15;1-4-2-3-4/h2-14H,1H3;2-13H,1H3;4H,2-3H2,1H3. The molecule has 9 aromatic rings. The maximum Gasteiger partial charge on any atom is 0.0706 e. The number of pyridine rings is 1. The summed E-state index contributed by atoms with van der Waals surface area (Å²) >= 11 is 0. The fraction of sp³-hybridized carbons (Fsp3) is 0.133. The van der Waals surface area contributed by atoms with Gasteiger partial charge in [0.2, 0.25) is 0 Å². The molecule has 234 valence electrons. The van der Waals surface area contributed by atoms with Gasteiger partial charge in [0.15, 0.2) is 0 Å². The van der Waals surface area contributed by atoms with Crippen molar-refractivity contribution in [2.45, 2.75) is 33.6 Å². The Hall–Kier alpha value is -5.67. The topological polar surface area (TPSA) is 22.8 Å². The largest absolute Gasteiger partial charge is 0.309 e. The fourth-order valence-corrected chi connectivity index (χ4v) is 6.65. The molecule has 1 aliphatic rings. The highest BCUT2D eigenvalue weighted by Crippen LogP contribution is 2.34. The first-order chi connectivity index (χ1) is 23.5. The summed E-state index contributed by atoms with van der Waals surface area (Å²) in [6, 6.07) is 51.6. The third kappa shape index (κ3) is 5.62. The van der Waals surface area contributed by atoms with Crippen LogP contribution in [0.4, 0.5) is 0 Å². The monoisotopic (exact) mass is 621 g/mol. The van der Waals surface area contributed by atoms with E-state index in [-0.39, 0.29) is 0 Å². The summed E-state index contributed by atoms with van der Waals surface area (Å²) < 4.78 is 4.64. The van der Waals surface area contributed by atoms with Gasteiger partial charge in [-0.2, -0.15) is 0 Å². The Bertz CT molecular complexity index is 2500. The van der Waals surface area contributed by atoms with Gasteiger partial charge in [-0.05, 0) is 79.9 Å². The number of para-hydroxylation sites is 4. The van der Waals surface area contributed by atoms with E-state index in [4.69, 9.17) is 4.98 Å². The summed E-state index contributed by atoms with van der Waals surface area (Å²) in [5.41, 5.74) is 10.8. The Morgan fingerprint density at radius 2 is 0.958 bits per heavy atom. The Kier molecular flexibility index (Phi) is 7.74. The summed E-state index contributed by atoms with van der Waals surface area (Å²) in [5, 5.41) is 6.36. The smallest absolute Gasteiger partial charge is 0.0706 e. The van der Waals surface area contributed by atoms with E-state index in [1.165, 1.54) is 78.7 Å². The van der Waals surface area contributed by atoms with E-state index in [1.54, 1.807) is 0 Å². The Balaban J connectivity index is 0.000000127. The van der Waals surface area contributed by atoms with E-state index in [0.29, 0.717) is 0 Å². The van der Waals surface area contributed by atoms with Crippen molar-refractivity contribution < 1.29 is 0 Å². The lowest BCUT2D eigenvalue weighted by Crippen LogP contribution is -1.95. The molecule has 1 fully saturated rings. The number of nitrogens with zero attached hydrogens (tertiary/aromatic N) is 3. The van der Waals surface area contributed by atoms with Crippen molar-refractivity contribution in [3.05, 3.63) is 163 Å². The minimum Gasteiger partial charge on any atom is -0.309 e. The predicted octanol–water partition coefficient (Wildman–Crippen LogP) is 12.1. The van der Waals surface area contributed by atoms with E-state index in [2.05, 4.69) is 175 Å². The summed E-state index contributed by atoms with van der Waals surface area (Å²) in [4.78, 5) is 4.69. The molecule has 3 heteroatoms. The molecule has 1 saturated carbocycles. The zero-order chi connectivity index (χ0) is 32.6. The molecule has 0 N–H and O–H groups in total.